The molecule has 0 radical (unpaired) electrons. The highest BCUT2D eigenvalue weighted by molar-refractivity contribution is 5.95. The van der Waals surface area contributed by atoms with Crippen molar-refractivity contribution in [2.75, 3.05) is 13.1 Å². The molecule has 104 valence electrons. The molecule has 2 heterocycles. The predicted octanol–water partition coefficient (Wildman–Crippen LogP) is 2.71. The van der Waals surface area contributed by atoms with Crippen molar-refractivity contribution >= 4 is 5.91 Å². The van der Waals surface area contributed by atoms with Crippen molar-refractivity contribution < 1.29 is 4.79 Å². The van der Waals surface area contributed by atoms with Crippen LogP contribution in [0.4, 0.5) is 0 Å². The average Bonchev–Trinajstić information content (AvgIpc) is 2.94. The van der Waals surface area contributed by atoms with Crippen molar-refractivity contribution in [1.82, 2.24) is 14.7 Å². The topological polar surface area (TPSA) is 38.1 Å². The van der Waals surface area contributed by atoms with E-state index in [1.165, 1.54) is 6.42 Å². The first-order chi connectivity index (χ1) is 9.75. The summed E-state index contributed by atoms with van der Waals surface area (Å²) < 4.78 is 1.82. The van der Waals surface area contributed by atoms with Crippen LogP contribution >= 0.6 is 0 Å². The van der Waals surface area contributed by atoms with Gasteiger partial charge >= 0.3 is 0 Å². The van der Waals surface area contributed by atoms with Gasteiger partial charge in [0.05, 0.1) is 5.69 Å². The molecule has 0 N–H and O–H groups in total. The second kappa shape index (κ2) is 5.49. The van der Waals surface area contributed by atoms with Gasteiger partial charge in [-0.25, -0.2) is 0 Å². The van der Waals surface area contributed by atoms with Gasteiger partial charge in [-0.05, 0) is 37.5 Å². The minimum Gasteiger partial charge on any atom is -0.339 e. The second-order valence-corrected chi connectivity index (χ2v) is 5.27. The van der Waals surface area contributed by atoms with Crippen molar-refractivity contribution in [1.29, 1.82) is 0 Å². The number of aryl methyl sites for hydroxylation is 1. The Hall–Kier alpha value is -2.10. The maximum Gasteiger partial charge on any atom is 0.253 e. The fraction of sp³-hybridized carbons (Fsp3) is 0.375. The number of likely N-dealkylation sites (tertiary alicyclic amines) is 1. The van der Waals surface area contributed by atoms with Crippen molar-refractivity contribution in [2.45, 2.75) is 19.3 Å². The van der Waals surface area contributed by atoms with E-state index in [-0.39, 0.29) is 5.91 Å². The highest BCUT2D eigenvalue weighted by atomic mass is 16.2. The standard InChI is InChI=1S/C16H19N3O/c1-18-15(8-9-17-18)13-6-5-7-14(12-13)16(20)19-10-3-2-4-11-19/h5-9,12H,2-4,10-11H2,1H3. The first-order valence-corrected chi connectivity index (χ1v) is 7.13. The third-order valence-electron chi connectivity index (χ3n) is 3.87. The van der Waals surface area contributed by atoms with Gasteiger partial charge in [-0.3, -0.25) is 9.48 Å². The molecule has 4 nitrogen and oxygen atoms in total. The highest BCUT2D eigenvalue weighted by Crippen LogP contribution is 2.21. The monoisotopic (exact) mass is 269 g/mol. The zero-order valence-electron chi connectivity index (χ0n) is 11.7. The summed E-state index contributed by atoms with van der Waals surface area (Å²) >= 11 is 0. The molecule has 1 aromatic heterocycles. The smallest absolute Gasteiger partial charge is 0.253 e. The predicted molar refractivity (Wildman–Crippen MR) is 78.4 cm³/mol. The van der Waals surface area contributed by atoms with Gasteiger partial charge in [-0.15, -0.1) is 0 Å². The quantitative estimate of drug-likeness (QED) is 0.840. The highest BCUT2D eigenvalue weighted by Gasteiger charge is 2.18. The van der Waals surface area contributed by atoms with Crippen molar-refractivity contribution in [3.05, 3.63) is 42.1 Å². The summed E-state index contributed by atoms with van der Waals surface area (Å²) in [4.78, 5) is 14.5. The van der Waals surface area contributed by atoms with E-state index in [0.29, 0.717) is 0 Å². The van der Waals surface area contributed by atoms with E-state index < -0.39 is 0 Å². The third kappa shape index (κ3) is 2.46. The molecule has 1 aliphatic rings. The van der Waals surface area contributed by atoms with Crippen molar-refractivity contribution in [3.8, 4) is 11.3 Å². The molecule has 0 saturated carbocycles. The summed E-state index contributed by atoms with van der Waals surface area (Å²) in [5.74, 6) is 0.147. The Morgan fingerprint density at radius 3 is 2.65 bits per heavy atom. The zero-order chi connectivity index (χ0) is 13.9. The van der Waals surface area contributed by atoms with Gasteiger partial charge in [-0.2, -0.15) is 5.10 Å². The molecule has 3 rings (SSSR count). The Kier molecular flexibility index (Phi) is 3.54. The molecule has 1 saturated heterocycles. The number of aromatic nitrogens is 2. The Balaban J connectivity index is 1.87. The van der Waals surface area contributed by atoms with E-state index in [1.54, 1.807) is 6.20 Å². The second-order valence-electron chi connectivity index (χ2n) is 5.27. The molecule has 20 heavy (non-hydrogen) atoms. The van der Waals surface area contributed by atoms with Crippen LogP contribution in [-0.2, 0) is 7.05 Å². The van der Waals surface area contributed by atoms with Gasteiger partial charge in [0.2, 0.25) is 0 Å². The summed E-state index contributed by atoms with van der Waals surface area (Å²) in [7, 11) is 1.91. The van der Waals surface area contributed by atoms with Crippen LogP contribution in [-0.4, -0.2) is 33.7 Å². The van der Waals surface area contributed by atoms with Gasteiger partial charge in [-0.1, -0.05) is 12.1 Å². The molecule has 0 atom stereocenters. The van der Waals surface area contributed by atoms with E-state index in [1.807, 2.05) is 47.0 Å². The van der Waals surface area contributed by atoms with Crippen LogP contribution in [0.5, 0.6) is 0 Å². The fourth-order valence-corrected chi connectivity index (χ4v) is 2.75. The van der Waals surface area contributed by atoms with E-state index >= 15 is 0 Å². The fourth-order valence-electron chi connectivity index (χ4n) is 2.75. The molecule has 1 fully saturated rings. The molecule has 1 aromatic carbocycles. The maximum absolute atomic E-state index is 12.5. The Morgan fingerprint density at radius 1 is 1.15 bits per heavy atom. The summed E-state index contributed by atoms with van der Waals surface area (Å²) in [5, 5.41) is 4.18. The SMILES string of the molecule is Cn1nccc1-c1cccc(C(=O)N2CCCCC2)c1. The molecule has 0 bridgehead atoms. The van der Waals surface area contributed by atoms with Crippen LogP contribution in [0.1, 0.15) is 29.6 Å². The minimum atomic E-state index is 0.147. The zero-order valence-corrected chi connectivity index (χ0v) is 11.7. The van der Waals surface area contributed by atoms with Crippen molar-refractivity contribution in [2.24, 2.45) is 7.05 Å². The first-order valence-electron chi connectivity index (χ1n) is 7.13. The average molecular weight is 269 g/mol. The van der Waals surface area contributed by atoms with Crippen molar-refractivity contribution in [3.63, 3.8) is 0 Å². The molecule has 1 amide bonds. The van der Waals surface area contributed by atoms with E-state index in [9.17, 15) is 4.79 Å². The Morgan fingerprint density at radius 2 is 1.95 bits per heavy atom. The van der Waals surface area contributed by atoms with Crippen LogP contribution in [0.25, 0.3) is 11.3 Å². The number of hydrogen-bond donors (Lipinski definition) is 0. The number of nitrogens with zero attached hydrogens (tertiary/aromatic N) is 3. The summed E-state index contributed by atoms with van der Waals surface area (Å²) in [5.41, 5.74) is 2.83. The lowest BCUT2D eigenvalue weighted by Gasteiger charge is -2.26. The lowest BCUT2D eigenvalue weighted by molar-refractivity contribution is 0.0724. The Bertz CT molecular complexity index is 612. The molecule has 0 spiro atoms. The van der Waals surface area contributed by atoms with E-state index in [0.717, 1.165) is 42.8 Å². The van der Waals surface area contributed by atoms with Gasteiger partial charge < -0.3 is 4.90 Å². The molecule has 0 unspecified atom stereocenters. The number of carbonyl (C=O) groups is 1. The molecule has 4 heteroatoms. The van der Waals surface area contributed by atoms with Crippen LogP contribution in [0.2, 0.25) is 0 Å². The van der Waals surface area contributed by atoms with Gasteiger partial charge in [0, 0.05) is 37.5 Å². The van der Waals surface area contributed by atoms with E-state index in [2.05, 4.69) is 5.10 Å². The van der Waals surface area contributed by atoms with Gasteiger partial charge in [0.25, 0.3) is 5.91 Å². The van der Waals surface area contributed by atoms with Crippen LogP contribution in [0.3, 0.4) is 0 Å². The summed E-state index contributed by atoms with van der Waals surface area (Å²) in [6.07, 6.45) is 5.24. The number of piperidine rings is 1. The number of rotatable bonds is 2. The lowest BCUT2D eigenvalue weighted by Crippen LogP contribution is -2.35. The van der Waals surface area contributed by atoms with Crippen LogP contribution < -0.4 is 0 Å². The normalized spacial score (nSPS) is 15.3. The van der Waals surface area contributed by atoms with Gasteiger partial charge in [0.1, 0.15) is 0 Å². The van der Waals surface area contributed by atoms with E-state index in [4.69, 9.17) is 0 Å². The lowest BCUT2D eigenvalue weighted by atomic mass is 10.1. The van der Waals surface area contributed by atoms with Crippen LogP contribution in [0, 0.1) is 0 Å². The number of carbonyl (C=O) groups excluding carboxylic acids is 1. The third-order valence-corrected chi connectivity index (χ3v) is 3.87. The summed E-state index contributed by atoms with van der Waals surface area (Å²) in [6, 6.07) is 9.79. The number of amides is 1. The largest absolute Gasteiger partial charge is 0.339 e. The number of benzene rings is 1. The summed E-state index contributed by atoms with van der Waals surface area (Å²) in [6.45, 7) is 1.77. The molecule has 2 aromatic rings. The molecule has 1 aliphatic heterocycles. The minimum absolute atomic E-state index is 0.147. The van der Waals surface area contributed by atoms with Gasteiger partial charge in [0.15, 0.2) is 0 Å². The first kappa shape index (κ1) is 12.9. The van der Waals surface area contributed by atoms with Crippen LogP contribution in [0.15, 0.2) is 36.5 Å². The molecular formula is C16H19N3O. The Labute approximate surface area is 119 Å². The molecule has 0 aliphatic carbocycles. The molecular weight excluding hydrogens is 250 g/mol. The number of hydrogen-bond acceptors (Lipinski definition) is 2. The maximum atomic E-state index is 12.5.